The Balaban J connectivity index is 2.76. The van der Waals surface area contributed by atoms with E-state index in [9.17, 15) is 8.42 Å². The SMILES string of the molecule is CO[Si](CCc1ccc(S(=O)(=O)OC)cc1)(OC)OC. The fraction of sp³-hybridized carbons (Fsp3) is 0.500. The van der Waals surface area contributed by atoms with Gasteiger partial charge in [-0.15, -0.1) is 0 Å². The molecule has 6 nitrogen and oxygen atoms in total. The Bertz CT molecular complexity index is 501. The molecule has 0 aliphatic rings. The summed E-state index contributed by atoms with van der Waals surface area (Å²) in [7, 11) is -0.411. The van der Waals surface area contributed by atoms with Gasteiger partial charge in [0.1, 0.15) is 0 Å². The van der Waals surface area contributed by atoms with Gasteiger partial charge in [-0.05, 0) is 24.1 Å². The molecule has 0 fully saturated rings. The molecule has 0 saturated carbocycles. The predicted molar refractivity (Wildman–Crippen MR) is 75.9 cm³/mol. The van der Waals surface area contributed by atoms with Crippen molar-refractivity contribution in [2.24, 2.45) is 0 Å². The molecule has 0 aromatic heterocycles. The lowest BCUT2D eigenvalue weighted by Crippen LogP contribution is -2.43. The van der Waals surface area contributed by atoms with Crippen molar-refractivity contribution in [3.05, 3.63) is 29.8 Å². The van der Waals surface area contributed by atoms with Crippen LogP contribution in [0.3, 0.4) is 0 Å². The Labute approximate surface area is 121 Å². The first-order valence-corrected chi connectivity index (χ1v) is 9.32. The Morgan fingerprint density at radius 3 is 1.85 bits per heavy atom. The maximum atomic E-state index is 11.5. The van der Waals surface area contributed by atoms with E-state index in [0.29, 0.717) is 12.5 Å². The largest absolute Gasteiger partial charge is 0.500 e. The van der Waals surface area contributed by atoms with E-state index in [4.69, 9.17) is 13.3 Å². The van der Waals surface area contributed by atoms with Crippen LogP contribution in [0.15, 0.2) is 29.2 Å². The smallest absolute Gasteiger partial charge is 0.377 e. The minimum absolute atomic E-state index is 0.137. The van der Waals surface area contributed by atoms with Crippen molar-refractivity contribution in [3.63, 3.8) is 0 Å². The summed E-state index contributed by atoms with van der Waals surface area (Å²) in [6.07, 6.45) is 0.676. The third-order valence-corrected chi connectivity index (χ3v) is 7.10. The molecular formula is C12H20O6SSi. The zero-order chi connectivity index (χ0) is 15.2. The van der Waals surface area contributed by atoms with E-state index in [1.807, 2.05) is 0 Å². The fourth-order valence-electron chi connectivity index (χ4n) is 1.77. The second kappa shape index (κ2) is 7.30. The summed E-state index contributed by atoms with van der Waals surface area (Å²) in [6.45, 7) is 0. The number of hydrogen-bond donors (Lipinski definition) is 0. The van der Waals surface area contributed by atoms with Crippen molar-refractivity contribution < 1.29 is 25.9 Å². The quantitative estimate of drug-likeness (QED) is 0.533. The Morgan fingerprint density at radius 2 is 1.45 bits per heavy atom. The van der Waals surface area contributed by atoms with Gasteiger partial charge in [0.2, 0.25) is 0 Å². The van der Waals surface area contributed by atoms with Gasteiger partial charge in [-0.25, -0.2) is 0 Å². The summed E-state index contributed by atoms with van der Waals surface area (Å²) in [5.74, 6) is 0. The van der Waals surface area contributed by atoms with Crippen LogP contribution in [0.4, 0.5) is 0 Å². The Kier molecular flexibility index (Phi) is 6.30. The van der Waals surface area contributed by atoms with Gasteiger partial charge in [0.15, 0.2) is 0 Å². The topological polar surface area (TPSA) is 71.1 Å². The molecule has 20 heavy (non-hydrogen) atoms. The molecular weight excluding hydrogens is 300 g/mol. The van der Waals surface area contributed by atoms with Gasteiger partial charge in [0.05, 0.1) is 12.0 Å². The van der Waals surface area contributed by atoms with Crippen LogP contribution < -0.4 is 0 Å². The maximum absolute atomic E-state index is 11.5. The van der Waals surface area contributed by atoms with Gasteiger partial charge in [-0.3, -0.25) is 4.18 Å². The van der Waals surface area contributed by atoms with Gasteiger partial charge in [-0.1, -0.05) is 12.1 Å². The van der Waals surface area contributed by atoms with Crippen LogP contribution in [0.25, 0.3) is 0 Å². The summed E-state index contributed by atoms with van der Waals surface area (Å²) in [6, 6.07) is 7.14. The van der Waals surface area contributed by atoms with Crippen LogP contribution in [0.5, 0.6) is 0 Å². The summed E-state index contributed by atoms with van der Waals surface area (Å²) in [5.41, 5.74) is 0.975. The summed E-state index contributed by atoms with van der Waals surface area (Å²) < 4.78 is 43.4. The zero-order valence-corrected chi connectivity index (χ0v) is 13.9. The normalized spacial score (nSPS) is 12.6. The first-order chi connectivity index (χ1) is 9.43. The molecule has 1 aromatic rings. The third kappa shape index (κ3) is 4.11. The minimum Gasteiger partial charge on any atom is -0.377 e. The molecule has 0 radical (unpaired) electrons. The van der Waals surface area contributed by atoms with Gasteiger partial charge < -0.3 is 13.3 Å². The first kappa shape index (κ1) is 17.3. The van der Waals surface area contributed by atoms with E-state index >= 15 is 0 Å². The number of hydrogen-bond acceptors (Lipinski definition) is 6. The minimum atomic E-state index is -3.64. The highest BCUT2D eigenvalue weighted by Gasteiger charge is 2.37. The Hall–Kier alpha value is -0.773. The number of aryl methyl sites for hydroxylation is 1. The molecule has 0 saturated heterocycles. The van der Waals surface area contributed by atoms with Gasteiger partial charge in [-0.2, -0.15) is 8.42 Å². The molecule has 0 bridgehead atoms. The third-order valence-electron chi connectivity index (χ3n) is 3.08. The van der Waals surface area contributed by atoms with E-state index in [1.54, 1.807) is 33.5 Å². The molecule has 0 aliphatic heterocycles. The summed E-state index contributed by atoms with van der Waals surface area (Å²) in [5, 5.41) is 0. The predicted octanol–water partition coefficient (Wildman–Crippen LogP) is 1.44. The second-order valence-electron chi connectivity index (χ2n) is 4.06. The van der Waals surface area contributed by atoms with Crippen molar-refractivity contribution in [3.8, 4) is 0 Å². The first-order valence-electron chi connectivity index (χ1n) is 5.98. The number of rotatable bonds is 8. The standard InChI is InChI=1S/C12H20O6SSi/c1-15-19(13,14)12-7-5-11(6-8-12)9-10-20(16-2,17-3)18-4/h5-8H,9-10H2,1-4H3. The van der Waals surface area contributed by atoms with Crippen LogP contribution in [0.2, 0.25) is 6.04 Å². The molecule has 8 heteroatoms. The molecule has 1 rings (SSSR count). The average Bonchev–Trinajstić information content (AvgIpc) is 2.50. The second-order valence-corrected chi connectivity index (χ2v) is 8.86. The van der Waals surface area contributed by atoms with Crippen molar-refractivity contribution in [1.29, 1.82) is 0 Å². The fourth-order valence-corrected chi connectivity index (χ4v) is 4.14. The Morgan fingerprint density at radius 1 is 0.950 bits per heavy atom. The molecule has 114 valence electrons. The lowest BCUT2D eigenvalue weighted by Gasteiger charge is -2.24. The van der Waals surface area contributed by atoms with Gasteiger partial charge in [0, 0.05) is 27.4 Å². The summed E-state index contributed by atoms with van der Waals surface area (Å²) in [4.78, 5) is 0.137. The highest BCUT2D eigenvalue weighted by Crippen LogP contribution is 2.18. The van der Waals surface area contributed by atoms with Crippen LogP contribution >= 0.6 is 0 Å². The highest BCUT2D eigenvalue weighted by molar-refractivity contribution is 7.86. The molecule has 0 aliphatic carbocycles. The van der Waals surface area contributed by atoms with Crippen molar-refractivity contribution >= 4 is 18.9 Å². The van der Waals surface area contributed by atoms with E-state index in [0.717, 1.165) is 12.7 Å². The molecule has 0 spiro atoms. The van der Waals surface area contributed by atoms with Crippen LogP contribution in [0, 0.1) is 0 Å². The van der Waals surface area contributed by atoms with Crippen molar-refractivity contribution in [2.45, 2.75) is 17.4 Å². The molecule has 0 N–H and O–H groups in total. The van der Waals surface area contributed by atoms with Crippen LogP contribution in [-0.2, 0) is 34.0 Å². The van der Waals surface area contributed by atoms with Crippen LogP contribution in [0.1, 0.15) is 5.56 Å². The van der Waals surface area contributed by atoms with E-state index in [-0.39, 0.29) is 4.90 Å². The van der Waals surface area contributed by atoms with Crippen molar-refractivity contribution in [2.75, 3.05) is 28.4 Å². The molecule has 1 aromatic carbocycles. The summed E-state index contributed by atoms with van der Waals surface area (Å²) >= 11 is 0. The maximum Gasteiger partial charge on any atom is 0.500 e. The van der Waals surface area contributed by atoms with Crippen LogP contribution in [-0.4, -0.2) is 45.7 Å². The lowest BCUT2D eigenvalue weighted by molar-refractivity contribution is 0.123. The average molecular weight is 320 g/mol. The molecule has 0 heterocycles. The lowest BCUT2D eigenvalue weighted by atomic mass is 10.2. The highest BCUT2D eigenvalue weighted by atomic mass is 32.2. The van der Waals surface area contributed by atoms with Crippen molar-refractivity contribution in [1.82, 2.24) is 0 Å². The van der Waals surface area contributed by atoms with Gasteiger partial charge in [0.25, 0.3) is 10.1 Å². The molecule has 0 atom stereocenters. The monoisotopic (exact) mass is 320 g/mol. The molecule has 0 unspecified atom stereocenters. The number of benzene rings is 1. The van der Waals surface area contributed by atoms with Gasteiger partial charge >= 0.3 is 8.80 Å². The van der Waals surface area contributed by atoms with E-state index < -0.39 is 18.9 Å². The van der Waals surface area contributed by atoms with E-state index in [1.165, 1.54) is 12.1 Å². The van der Waals surface area contributed by atoms with E-state index in [2.05, 4.69) is 4.18 Å². The zero-order valence-electron chi connectivity index (χ0n) is 12.1. The molecule has 0 amide bonds.